The highest BCUT2D eigenvalue weighted by Crippen LogP contribution is 2.57. The number of nitrogens with zero attached hydrogens (tertiary/aromatic N) is 3. The first-order valence-electron chi connectivity index (χ1n) is 12.1. The smallest absolute Gasteiger partial charge is 0.222 e. The lowest BCUT2D eigenvalue weighted by atomic mass is 9.64. The quantitative estimate of drug-likeness (QED) is 0.678. The summed E-state index contributed by atoms with van der Waals surface area (Å²) in [7, 11) is 1.68. The average Bonchev–Trinajstić information content (AvgIpc) is 3.33. The maximum atomic E-state index is 12.8. The SMILES string of the molecule is COc1cccc2c1OC(C)(C)[C@H]1CC3(CCN(C(=O)CCCn4ccnc4)CC3)CO[C@H]21. The Morgan fingerprint density at radius 1 is 1.27 bits per heavy atom. The number of methoxy groups -OCH3 is 1. The molecule has 3 aliphatic heterocycles. The fourth-order valence-electron chi connectivity index (χ4n) is 5.87. The van der Waals surface area contributed by atoms with Crippen LogP contribution >= 0.6 is 0 Å². The Kier molecular flexibility index (Phi) is 5.85. The standard InChI is InChI=1S/C26H35N3O4/c1-25(2)20-16-26(17-32-23(20)19-6-4-7-21(31-3)24(19)33-25)9-13-29(14-10-26)22(30)8-5-12-28-15-11-27-18-28/h4,6-7,11,15,18,20,23H,5,8-10,12-14,16-17H2,1-3H3/t20-,23+/m0/s1. The Morgan fingerprint density at radius 2 is 2.09 bits per heavy atom. The van der Waals surface area contributed by atoms with Gasteiger partial charge in [-0.15, -0.1) is 0 Å². The molecular formula is C26H35N3O4. The van der Waals surface area contributed by atoms with E-state index in [2.05, 4.69) is 24.9 Å². The zero-order valence-electron chi connectivity index (χ0n) is 20.0. The molecule has 1 aromatic heterocycles. The summed E-state index contributed by atoms with van der Waals surface area (Å²) in [5.74, 6) is 2.12. The van der Waals surface area contributed by atoms with E-state index in [0.717, 1.165) is 69.0 Å². The number of imidazole rings is 1. The Bertz CT molecular complexity index is 979. The maximum absolute atomic E-state index is 12.8. The number of hydrogen-bond acceptors (Lipinski definition) is 5. The third-order valence-corrected chi connectivity index (χ3v) is 7.92. The number of ether oxygens (including phenoxy) is 3. The highest BCUT2D eigenvalue weighted by atomic mass is 16.5. The Hall–Kier alpha value is -2.54. The molecule has 2 saturated heterocycles. The number of aromatic nitrogens is 2. The number of rotatable bonds is 5. The molecule has 7 nitrogen and oxygen atoms in total. The molecule has 2 atom stereocenters. The van der Waals surface area contributed by atoms with Gasteiger partial charge in [-0.05, 0) is 51.0 Å². The fraction of sp³-hybridized carbons (Fsp3) is 0.615. The van der Waals surface area contributed by atoms with Crippen LogP contribution in [0.2, 0.25) is 0 Å². The van der Waals surface area contributed by atoms with E-state index in [-0.39, 0.29) is 28.9 Å². The predicted octanol–water partition coefficient (Wildman–Crippen LogP) is 4.23. The predicted molar refractivity (Wildman–Crippen MR) is 124 cm³/mol. The third kappa shape index (κ3) is 4.23. The van der Waals surface area contributed by atoms with E-state index in [0.29, 0.717) is 6.42 Å². The molecular weight excluding hydrogens is 418 g/mol. The molecule has 0 radical (unpaired) electrons. The summed E-state index contributed by atoms with van der Waals surface area (Å²) in [5.41, 5.74) is 0.866. The van der Waals surface area contributed by atoms with Gasteiger partial charge in [0.05, 0.1) is 26.1 Å². The second-order valence-corrected chi connectivity index (χ2v) is 10.4. The lowest BCUT2D eigenvalue weighted by molar-refractivity contribution is -0.176. The molecule has 0 N–H and O–H groups in total. The van der Waals surface area contributed by atoms with Gasteiger partial charge in [-0.1, -0.05) is 12.1 Å². The van der Waals surface area contributed by atoms with Crippen LogP contribution in [0, 0.1) is 11.3 Å². The van der Waals surface area contributed by atoms with E-state index < -0.39 is 0 Å². The number of carbonyl (C=O) groups is 1. The minimum atomic E-state index is -0.347. The summed E-state index contributed by atoms with van der Waals surface area (Å²) in [6, 6.07) is 6.07. The lowest BCUT2D eigenvalue weighted by Gasteiger charge is -2.54. The summed E-state index contributed by atoms with van der Waals surface area (Å²) in [5, 5.41) is 0. The van der Waals surface area contributed by atoms with Crippen molar-refractivity contribution >= 4 is 5.91 Å². The van der Waals surface area contributed by atoms with Crippen molar-refractivity contribution in [1.29, 1.82) is 0 Å². The molecule has 7 heteroatoms. The van der Waals surface area contributed by atoms with Gasteiger partial charge in [-0.2, -0.15) is 0 Å². The van der Waals surface area contributed by atoms with Crippen LogP contribution in [0.4, 0.5) is 0 Å². The zero-order valence-corrected chi connectivity index (χ0v) is 20.0. The molecule has 1 spiro atoms. The van der Waals surface area contributed by atoms with Gasteiger partial charge in [0.15, 0.2) is 11.5 Å². The largest absolute Gasteiger partial charge is 0.493 e. The van der Waals surface area contributed by atoms with Gasteiger partial charge in [0.2, 0.25) is 5.91 Å². The maximum Gasteiger partial charge on any atom is 0.222 e. The molecule has 3 aliphatic rings. The second kappa shape index (κ2) is 8.67. The summed E-state index contributed by atoms with van der Waals surface area (Å²) >= 11 is 0. The molecule has 178 valence electrons. The van der Waals surface area contributed by atoms with Crippen LogP contribution < -0.4 is 9.47 Å². The van der Waals surface area contributed by atoms with Gasteiger partial charge in [0.25, 0.3) is 0 Å². The summed E-state index contributed by atoms with van der Waals surface area (Å²) in [4.78, 5) is 18.9. The first kappa shape index (κ1) is 22.3. The number of amides is 1. The van der Waals surface area contributed by atoms with Gasteiger partial charge in [-0.25, -0.2) is 4.98 Å². The minimum absolute atomic E-state index is 0.0207. The first-order chi connectivity index (χ1) is 15.9. The summed E-state index contributed by atoms with van der Waals surface area (Å²) < 4.78 is 20.7. The van der Waals surface area contributed by atoms with Crippen molar-refractivity contribution in [3.05, 3.63) is 42.5 Å². The molecule has 0 saturated carbocycles. The Labute approximate surface area is 196 Å². The fourth-order valence-corrected chi connectivity index (χ4v) is 5.87. The van der Waals surface area contributed by atoms with Crippen molar-refractivity contribution in [2.75, 3.05) is 26.8 Å². The molecule has 1 amide bonds. The van der Waals surface area contributed by atoms with Gasteiger partial charge in [0.1, 0.15) is 5.60 Å². The number of hydrogen-bond donors (Lipinski definition) is 0. The molecule has 2 fully saturated rings. The number of benzene rings is 1. The van der Waals surface area contributed by atoms with E-state index in [9.17, 15) is 4.79 Å². The van der Waals surface area contributed by atoms with Crippen LogP contribution in [0.1, 0.15) is 57.6 Å². The first-order valence-corrected chi connectivity index (χ1v) is 12.1. The molecule has 4 heterocycles. The highest BCUT2D eigenvalue weighted by molar-refractivity contribution is 5.76. The number of likely N-dealkylation sites (tertiary alicyclic amines) is 1. The normalized spacial score (nSPS) is 25.1. The van der Waals surface area contributed by atoms with E-state index in [4.69, 9.17) is 14.2 Å². The van der Waals surface area contributed by atoms with Crippen molar-refractivity contribution in [3.63, 3.8) is 0 Å². The molecule has 0 unspecified atom stereocenters. The summed E-state index contributed by atoms with van der Waals surface area (Å²) in [6.07, 6.45) is 10.0. The number of aryl methyl sites for hydroxylation is 1. The molecule has 5 rings (SSSR count). The molecule has 0 aliphatic carbocycles. The van der Waals surface area contributed by atoms with Crippen LogP contribution in [0.25, 0.3) is 0 Å². The third-order valence-electron chi connectivity index (χ3n) is 7.92. The number of fused-ring (bicyclic) bond motifs is 3. The van der Waals surface area contributed by atoms with E-state index in [1.807, 2.05) is 27.8 Å². The molecule has 33 heavy (non-hydrogen) atoms. The minimum Gasteiger partial charge on any atom is -0.493 e. The van der Waals surface area contributed by atoms with Crippen molar-refractivity contribution in [2.24, 2.45) is 11.3 Å². The molecule has 1 aromatic carbocycles. The van der Waals surface area contributed by atoms with Crippen LogP contribution in [0.15, 0.2) is 36.9 Å². The number of piperidine rings is 1. The van der Waals surface area contributed by atoms with Gasteiger partial charge >= 0.3 is 0 Å². The van der Waals surface area contributed by atoms with Crippen LogP contribution in [0.5, 0.6) is 11.5 Å². The molecule has 2 aromatic rings. The monoisotopic (exact) mass is 453 g/mol. The van der Waals surface area contributed by atoms with Crippen LogP contribution in [-0.2, 0) is 16.1 Å². The van der Waals surface area contributed by atoms with E-state index in [1.54, 1.807) is 19.6 Å². The van der Waals surface area contributed by atoms with Crippen LogP contribution in [-0.4, -0.2) is 52.8 Å². The van der Waals surface area contributed by atoms with Crippen LogP contribution in [0.3, 0.4) is 0 Å². The van der Waals surface area contributed by atoms with Crippen molar-refractivity contribution < 1.29 is 19.0 Å². The Balaban J connectivity index is 1.21. The van der Waals surface area contributed by atoms with Crippen molar-refractivity contribution in [1.82, 2.24) is 14.5 Å². The summed E-state index contributed by atoms with van der Waals surface area (Å²) in [6.45, 7) is 7.54. The zero-order chi connectivity index (χ0) is 23.1. The van der Waals surface area contributed by atoms with Gasteiger partial charge in [0, 0.05) is 49.9 Å². The van der Waals surface area contributed by atoms with Gasteiger partial charge < -0.3 is 23.7 Å². The highest BCUT2D eigenvalue weighted by Gasteiger charge is 2.53. The second-order valence-electron chi connectivity index (χ2n) is 10.4. The lowest BCUT2D eigenvalue weighted by Crippen LogP contribution is -2.54. The Morgan fingerprint density at radius 3 is 2.82 bits per heavy atom. The van der Waals surface area contributed by atoms with E-state index in [1.165, 1.54) is 0 Å². The van der Waals surface area contributed by atoms with Crippen molar-refractivity contribution in [2.45, 2.75) is 64.2 Å². The van der Waals surface area contributed by atoms with Gasteiger partial charge in [-0.3, -0.25) is 4.79 Å². The molecule has 0 bridgehead atoms. The van der Waals surface area contributed by atoms with E-state index >= 15 is 0 Å². The number of carbonyl (C=O) groups excluding carboxylic acids is 1. The average molecular weight is 454 g/mol. The van der Waals surface area contributed by atoms with Crippen molar-refractivity contribution in [3.8, 4) is 11.5 Å². The topological polar surface area (TPSA) is 65.8 Å². The number of para-hydroxylation sites is 1.